The van der Waals surface area contributed by atoms with Crippen LogP contribution >= 0.6 is 15.9 Å². The van der Waals surface area contributed by atoms with Crippen LogP contribution in [-0.2, 0) is 6.54 Å². The summed E-state index contributed by atoms with van der Waals surface area (Å²) in [5, 5.41) is 3.56. The summed E-state index contributed by atoms with van der Waals surface area (Å²) in [5.41, 5.74) is 5.05. The summed E-state index contributed by atoms with van der Waals surface area (Å²) in [5.74, 6) is 0. The molecule has 2 aromatic rings. The number of nitrogens with one attached hydrogen (secondary N) is 1. The summed E-state index contributed by atoms with van der Waals surface area (Å²) in [6, 6.07) is 15.8. The first-order valence-electron chi connectivity index (χ1n) is 7.46. The van der Waals surface area contributed by atoms with Gasteiger partial charge in [-0.1, -0.05) is 40.2 Å². The zero-order valence-corrected chi connectivity index (χ0v) is 14.2. The predicted octanol–water partition coefficient (Wildman–Crippen LogP) is 4.78. The molecular weight excluding hydrogens is 324 g/mol. The Bertz CT molecular complexity index is 635. The van der Waals surface area contributed by atoms with Gasteiger partial charge in [-0.15, -0.1) is 0 Å². The molecule has 0 heterocycles. The Hall–Kier alpha value is -1.32. The van der Waals surface area contributed by atoms with E-state index in [-0.39, 0.29) is 0 Å². The lowest BCUT2D eigenvalue weighted by Crippen LogP contribution is -2.16. The molecule has 1 saturated carbocycles. The third kappa shape index (κ3) is 3.47. The maximum absolute atomic E-state index is 3.71. The van der Waals surface area contributed by atoms with Gasteiger partial charge in [-0.25, -0.2) is 0 Å². The Labute approximate surface area is 135 Å². The van der Waals surface area contributed by atoms with Crippen molar-refractivity contribution in [2.45, 2.75) is 32.4 Å². The lowest BCUT2D eigenvalue weighted by molar-refractivity contribution is 0.686. The fourth-order valence-corrected chi connectivity index (χ4v) is 3.02. The molecule has 2 aromatic carbocycles. The van der Waals surface area contributed by atoms with Crippen LogP contribution in [-0.4, -0.2) is 13.1 Å². The quantitative estimate of drug-likeness (QED) is 0.839. The van der Waals surface area contributed by atoms with E-state index in [0.29, 0.717) is 0 Å². The standard InChI is InChI=1S/C18H21BrN2/c1-13-5-3-4-6-18(13)21(2)16-10-7-14(17(19)11-16)12-20-15-8-9-15/h3-7,10-11,15,20H,8-9,12H2,1-2H3. The zero-order chi connectivity index (χ0) is 14.8. The summed E-state index contributed by atoms with van der Waals surface area (Å²) >= 11 is 3.71. The van der Waals surface area contributed by atoms with Crippen molar-refractivity contribution in [1.29, 1.82) is 0 Å². The monoisotopic (exact) mass is 344 g/mol. The number of rotatable bonds is 5. The average Bonchev–Trinajstić information content (AvgIpc) is 3.30. The molecule has 3 rings (SSSR count). The highest BCUT2D eigenvalue weighted by Crippen LogP contribution is 2.30. The highest BCUT2D eigenvalue weighted by molar-refractivity contribution is 9.10. The van der Waals surface area contributed by atoms with Crippen molar-refractivity contribution in [1.82, 2.24) is 5.32 Å². The summed E-state index contributed by atoms with van der Waals surface area (Å²) < 4.78 is 1.17. The number of benzene rings is 2. The highest BCUT2D eigenvalue weighted by Gasteiger charge is 2.20. The third-order valence-corrected chi connectivity index (χ3v) is 4.80. The van der Waals surface area contributed by atoms with Crippen LogP contribution < -0.4 is 10.2 Å². The van der Waals surface area contributed by atoms with Gasteiger partial charge in [0.25, 0.3) is 0 Å². The lowest BCUT2D eigenvalue weighted by atomic mass is 10.1. The van der Waals surface area contributed by atoms with E-state index < -0.39 is 0 Å². The smallest absolute Gasteiger partial charge is 0.0437 e. The number of nitrogens with zero attached hydrogens (tertiary/aromatic N) is 1. The molecular formula is C18H21BrN2. The van der Waals surface area contributed by atoms with Gasteiger partial charge in [-0.05, 0) is 49.1 Å². The van der Waals surface area contributed by atoms with Crippen molar-refractivity contribution >= 4 is 27.3 Å². The molecule has 0 bridgehead atoms. The molecule has 0 spiro atoms. The summed E-state index contributed by atoms with van der Waals surface area (Å²) in [6.07, 6.45) is 2.65. The number of hydrogen-bond donors (Lipinski definition) is 1. The van der Waals surface area contributed by atoms with Crippen molar-refractivity contribution in [3.63, 3.8) is 0 Å². The minimum atomic E-state index is 0.742. The molecule has 1 aliphatic carbocycles. The Kier molecular flexibility index (Phi) is 4.32. The van der Waals surface area contributed by atoms with Crippen molar-refractivity contribution in [3.8, 4) is 0 Å². The third-order valence-electron chi connectivity index (χ3n) is 4.06. The van der Waals surface area contributed by atoms with Crippen LogP contribution in [0, 0.1) is 6.92 Å². The number of hydrogen-bond acceptors (Lipinski definition) is 2. The summed E-state index contributed by atoms with van der Waals surface area (Å²) in [6.45, 7) is 3.09. The van der Waals surface area contributed by atoms with Gasteiger partial charge in [0.15, 0.2) is 0 Å². The van der Waals surface area contributed by atoms with E-state index in [2.05, 4.69) is 82.6 Å². The van der Waals surface area contributed by atoms with Crippen molar-refractivity contribution in [2.24, 2.45) is 0 Å². The molecule has 0 aromatic heterocycles. The van der Waals surface area contributed by atoms with E-state index in [9.17, 15) is 0 Å². The van der Waals surface area contributed by atoms with Crippen LogP contribution in [0.25, 0.3) is 0 Å². The van der Waals surface area contributed by atoms with Crippen molar-refractivity contribution < 1.29 is 0 Å². The number of aryl methyl sites for hydroxylation is 1. The minimum absolute atomic E-state index is 0.742. The van der Waals surface area contributed by atoms with Crippen LogP contribution in [0.5, 0.6) is 0 Å². The lowest BCUT2D eigenvalue weighted by Gasteiger charge is -2.22. The second kappa shape index (κ2) is 6.20. The Morgan fingerprint density at radius 2 is 1.95 bits per heavy atom. The van der Waals surface area contributed by atoms with Gasteiger partial charge in [0, 0.05) is 35.5 Å². The second-order valence-corrected chi connectivity index (χ2v) is 6.63. The molecule has 0 unspecified atom stereocenters. The van der Waals surface area contributed by atoms with E-state index in [1.165, 1.54) is 39.8 Å². The van der Waals surface area contributed by atoms with Crippen LogP contribution in [0.2, 0.25) is 0 Å². The normalized spacial score (nSPS) is 14.2. The summed E-state index contributed by atoms with van der Waals surface area (Å²) in [7, 11) is 2.12. The van der Waals surface area contributed by atoms with E-state index in [0.717, 1.165) is 12.6 Å². The molecule has 21 heavy (non-hydrogen) atoms. The fourth-order valence-electron chi connectivity index (χ4n) is 2.51. The maximum atomic E-state index is 3.71. The topological polar surface area (TPSA) is 15.3 Å². The first-order chi connectivity index (χ1) is 10.1. The fraction of sp³-hybridized carbons (Fsp3) is 0.333. The molecule has 1 fully saturated rings. The van der Waals surface area contributed by atoms with Crippen molar-refractivity contribution in [3.05, 3.63) is 58.1 Å². The molecule has 2 nitrogen and oxygen atoms in total. The van der Waals surface area contributed by atoms with Gasteiger partial charge in [-0.3, -0.25) is 0 Å². The van der Waals surface area contributed by atoms with Gasteiger partial charge >= 0.3 is 0 Å². The molecule has 0 amide bonds. The van der Waals surface area contributed by atoms with Crippen LogP contribution in [0.15, 0.2) is 46.9 Å². The first kappa shape index (κ1) is 14.6. The van der Waals surface area contributed by atoms with Gasteiger partial charge in [-0.2, -0.15) is 0 Å². The molecule has 0 radical (unpaired) electrons. The highest BCUT2D eigenvalue weighted by atomic mass is 79.9. The van der Waals surface area contributed by atoms with E-state index in [1.807, 2.05) is 0 Å². The van der Waals surface area contributed by atoms with E-state index >= 15 is 0 Å². The Morgan fingerprint density at radius 3 is 2.62 bits per heavy atom. The Morgan fingerprint density at radius 1 is 1.19 bits per heavy atom. The summed E-state index contributed by atoms with van der Waals surface area (Å²) in [4.78, 5) is 2.23. The van der Waals surface area contributed by atoms with Gasteiger partial charge in [0.1, 0.15) is 0 Å². The van der Waals surface area contributed by atoms with Crippen molar-refractivity contribution in [2.75, 3.05) is 11.9 Å². The molecule has 110 valence electrons. The van der Waals surface area contributed by atoms with Gasteiger partial charge in [0.05, 0.1) is 0 Å². The van der Waals surface area contributed by atoms with Crippen LogP contribution in [0.4, 0.5) is 11.4 Å². The predicted molar refractivity (Wildman–Crippen MR) is 93.2 cm³/mol. The molecule has 0 saturated heterocycles. The average molecular weight is 345 g/mol. The van der Waals surface area contributed by atoms with E-state index in [1.54, 1.807) is 0 Å². The molecule has 1 aliphatic rings. The molecule has 1 N–H and O–H groups in total. The largest absolute Gasteiger partial charge is 0.344 e. The molecule has 0 aliphatic heterocycles. The minimum Gasteiger partial charge on any atom is -0.344 e. The number of halogens is 1. The maximum Gasteiger partial charge on any atom is 0.0437 e. The molecule has 0 atom stereocenters. The van der Waals surface area contributed by atoms with E-state index in [4.69, 9.17) is 0 Å². The Balaban J connectivity index is 1.78. The van der Waals surface area contributed by atoms with Crippen LogP contribution in [0.1, 0.15) is 24.0 Å². The second-order valence-electron chi connectivity index (χ2n) is 5.78. The number of anilines is 2. The van der Waals surface area contributed by atoms with Gasteiger partial charge < -0.3 is 10.2 Å². The van der Waals surface area contributed by atoms with Gasteiger partial charge in [0.2, 0.25) is 0 Å². The SMILES string of the molecule is Cc1ccccc1N(C)c1ccc(CNC2CC2)c(Br)c1. The number of para-hydroxylation sites is 1. The van der Waals surface area contributed by atoms with Crippen LogP contribution in [0.3, 0.4) is 0 Å². The molecule has 3 heteroatoms. The zero-order valence-electron chi connectivity index (χ0n) is 12.6. The first-order valence-corrected chi connectivity index (χ1v) is 8.25.